The first kappa shape index (κ1) is 17.9. The van der Waals surface area contributed by atoms with Gasteiger partial charge >= 0.3 is 0 Å². The minimum absolute atomic E-state index is 0.0600. The van der Waals surface area contributed by atoms with E-state index in [1.54, 1.807) is 0 Å². The van der Waals surface area contributed by atoms with Gasteiger partial charge in [0.1, 0.15) is 0 Å². The number of hydrogen-bond acceptors (Lipinski definition) is 2. The van der Waals surface area contributed by atoms with Gasteiger partial charge in [-0.15, -0.1) is 0 Å². The average Bonchev–Trinajstić information content (AvgIpc) is 2.70. The predicted octanol–water partition coefficient (Wildman–Crippen LogP) is 4.10. The van der Waals surface area contributed by atoms with Crippen LogP contribution in [0, 0.1) is 0 Å². The lowest BCUT2D eigenvalue weighted by Crippen LogP contribution is -2.42. The molecular formula is C23H24N2O. The first-order chi connectivity index (χ1) is 12.6. The third-order valence-electron chi connectivity index (χ3n) is 4.51. The molecule has 3 nitrogen and oxygen atoms in total. The molecule has 3 aromatic rings. The summed E-state index contributed by atoms with van der Waals surface area (Å²) in [4.78, 5) is 12.4. The molecule has 2 atom stereocenters. The molecule has 26 heavy (non-hydrogen) atoms. The maximum absolute atomic E-state index is 12.4. The number of nitrogens with two attached hydrogens (primary N) is 1. The van der Waals surface area contributed by atoms with E-state index >= 15 is 0 Å². The molecule has 0 spiro atoms. The van der Waals surface area contributed by atoms with Crippen molar-refractivity contribution in [2.75, 3.05) is 0 Å². The van der Waals surface area contributed by atoms with Gasteiger partial charge in [-0.3, -0.25) is 4.79 Å². The van der Waals surface area contributed by atoms with Gasteiger partial charge in [-0.2, -0.15) is 0 Å². The maximum Gasteiger partial charge on any atom is 0.237 e. The summed E-state index contributed by atoms with van der Waals surface area (Å²) >= 11 is 0. The summed E-state index contributed by atoms with van der Waals surface area (Å²) < 4.78 is 0. The number of benzene rings is 3. The molecule has 3 heteroatoms. The summed E-state index contributed by atoms with van der Waals surface area (Å²) in [6.07, 6.45) is 0.516. The van der Waals surface area contributed by atoms with Crippen LogP contribution in [0.1, 0.15) is 24.1 Å². The van der Waals surface area contributed by atoms with Gasteiger partial charge in [0.2, 0.25) is 5.91 Å². The van der Waals surface area contributed by atoms with Gasteiger partial charge in [-0.05, 0) is 35.6 Å². The summed E-state index contributed by atoms with van der Waals surface area (Å²) in [6.45, 7) is 1.97. The summed E-state index contributed by atoms with van der Waals surface area (Å²) in [5.74, 6) is -0.131. The van der Waals surface area contributed by atoms with Gasteiger partial charge in [0.15, 0.2) is 0 Å². The fraction of sp³-hybridized carbons (Fsp3) is 0.174. The Labute approximate surface area is 154 Å². The molecule has 0 radical (unpaired) electrons. The van der Waals surface area contributed by atoms with Crippen LogP contribution >= 0.6 is 0 Å². The van der Waals surface area contributed by atoms with Gasteiger partial charge in [-0.1, -0.05) is 84.9 Å². The molecule has 0 aliphatic rings. The van der Waals surface area contributed by atoms with Crippen molar-refractivity contribution in [3.63, 3.8) is 0 Å². The van der Waals surface area contributed by atoms with Crippen molar-refractivity contribution in [1.82, 2.24) is 5.32 Å². The smallest absolute Gasteiger partial charge is 0.237 e. The van der Waals surface area contributed by atoms with E-state index in [1.165, 1.54) is 5.56 Å². The Morgan fingerprint density at radius 1 is 0.846 bits per heavy atom. The van der Waals surface area contributed by atoms with Crippen LogP contribution in [0.15, 0.2) is 84.9 Å². The second kappa shape index (κ2) is 8.45. The molecule has 3 rings (SSSR count). The third kappa shape index (κ3) is 4.58. The van der Waals surface area contributed by atoms with Crippen LogP contribution < -0.4 is 11.1 Å². The quantitative estimate of drug-likeness (QED) is 0.707. The predicted molar refractivity (Wildman–Crippen MR) is 107 cm³/mol. The summed E-state index contributed by atoms with van der Waals surface area (Å²) in [5, 5.41) is 2.99. The average molecular weight is 344 g/mol. The summed E-state index contributed by atoms with van der Waals surface area (Å²) in [5.41, 5.74) is 10.6. The van der Waals surface area contributed by atoms with Crippen LogP contribution in [-0.2, 0) is 11.2 Å². The Balaban J connectivity index is 1.59. The lowest BCUT2D eigenvalue weighted by molar-refractivity contribution is -0.123. The lowest BCUT2D eigenvalue weighted by atomic mass is 10.0. The summed E-state index contributed by atoms with van der Waals surface area (Å²) in [7, 11) is 0. The van der Waals surface area contributed by atoms with E-state index in [0.29, 0.717) is 6.42 Å². The highest BCUT2D eigenvalue weighted by Crippen LogP contribution is 2.19. The third-order valence-corrected chi connectivity index (χ3v) is 4.51. The van der Waals surface area contributed by atoms with E-state index in [1.807, 2.05) is 67.6 Å². The van der Waals surface area contributed by atoms with Crippen LogP contribution in [0.2, 0.25) is 0 Å². The topological polar surface area (TPSA) is 55.1 Å². The first-order valence-corrected chi connectivity index (χ1v) is 8.89. The molecule has 1 amide bonds. The first-order valence-electron chi connectivity index (χ1n) is 8.89. The number of nitrogens with one attached hydrogen (secondary N) is 1. The largest absolute Gasteiger partial charge is 0.348 e. The Bertz CT molecular complexity index is 829. The van der Waals surface area contributed by atoms with E-state index in [2.05, 4.69) is 29.6 Å². The zero-order chi connectivity index (χ0) is 18.4. The fourth-order valence-corrected chi connectivity index (χ4v) is 2.96. The lowest BCUT2D eigenvalue weighted by Gasteiger charge is -2.18. The molecule has 0 aliphatic heterocycles. The molecular weight excluding hydrogens is 320 g/mol. The van der Waals surface area contributed by atoms with Crippen molar-refractivity contribution in [3.05, 3.63) is 96.1 Å². The molecule has 0 fully saturated rings. The van der Waals surface area contributed by atoms with Crippen molar-refractivity contribution in [3.8, 4) is 11.1 Å². The fourth-order valence-electron chi connectivity index (χ4n) is 2.96. The molecule has 0 aromatic heterocycles. The van der Waals surface area contributed by atoms with Crippen LogP contribution in [-0.4, -0.2) is 11.9 Å². The standard InChI is InChI=1S/C23H24N2O/c1-17(19-8-4-2-5-9-19)25-23(26)22(24)16-18-12-14-21(15-13-18)20-10-6-3-7-11-20/h2-15,17,22H,16,24H2,1H3,(H,25,26)/t17-,22-/m0/s1. The Kier molecular flexibility index (Phi) is 5.82. The van der Waals surface area contributed by atoms with Gasteiger partial charge < -0.3 is 11.1 Å². The van der Waals surface area contributed by atoms with Gasteiger partial charge in [-0.25, -0.2) is 0 Å². The minimum Gasteiger partial charge on any atom is -0.348 e. The zero-order valence-corrected chi connectivity index (χ0v) is 14.9. The van der Waals surface area contributed by atoms with E-state index in [-0.39, 0.29) is 11.9 Å². The zero-order valence-electron chi connectivity index (χ0n) is 14.9. The van der Waals surface area contributed by atoms with Crippen molar-refractivity contribution >= 4 is 5.91 Å². The molecule has 0 heterocycles. The maximum atomic E-state index is 12.4. The molecule has 0 unspecified atom stereocenters. The Morgan fingerprint density at radius 2 is 1.38 bits per heavy atom. The second-order valence-electron chi connectivity index (χ2n) is 6.51. The number of carbonyl (C=O) groups is 1. The van der Waals surface area contributed by atoms with Gasteiger partial charge in [0.05, 0.1) is 12.1 Å². The van der Waals surface area contributed by atoms with Crippen LogP contribution in [0.3, 0.4) is 0 Å². The Hall–Kier alpha value is -2.91. The normalized spacial score (nSPS) is 13.0. The number of rotatable bonds is 6. The van der Waals surface area contributed by atoms with Gasteiger partial charge in [0, 0.05) is 0 Å². The second-order valence-corrected chi connectivity index (χ2v) is 6.51. The number of amides is 1. The van der Waals surface area contributed by atoms with Crippen molar-refractivity contribution < 1.29 is 4.79 Å². The SMILES string of the molecule is C[C@H](NC(=O)[C@@H](N)Cc1ccc(-c2ccccc2)cc1)c1ccccc1. The molecule has 0 bridgehead atoms. The van der Waals surface area contributed by atoms with Crippen molar-refractivity contribution in [2.24, 2.45) is 5.73 Å². The van der Waals surface area contributed by atoms with E-state index in [0.717, 1.165) is 16.7 Å². The monoisotopic (exact) mass is 344 g/mol. The summed E-state index contributed by atoms with van der Waals surface area (Å²) in [6, 6.07) is 27.7. The van der Waals surface area contributed by atoms with Crippen molar-refractivity contribution in [1.29, 1.82) is 0 Å². The molecule has 0 saturated carbocycles. The van der Waals surface area contributed by atoms with Crippen LogP contribution in [0.25, 0.3) is 11.1 Å². The number of carbonyl (C=O) groups excluding carboxylic acids is 1. The number of hydrogen-bond donors (Lipinski definition) is 2. The van der Waals surface area contributed by atoms with Gasteiger partial charge in [0.25, 0.3) is 0 Å². The highest BCUT2D eigenvalue weighted by molar-refractivity contribution is 5.82. The van der Waals surface area contributed by atoms with E-state index in [9.17, 15) is 4.79 Å². The molecule has 3 N–H and O–H groups in total. The van der Waals surface area contributed by atoms with Crippen LogP contribution in [0.5, 0.6) is 0 Å². The van der Waals surface area contributed by atoms with Crippen LogP contribution in [0.4, 0.5) is 0 Å². The highest BCUT2D eigenvalue weighted by atomic mass is 16.2. The highest BCUT2D eigenvalue weighted by Gasteiger charge is 2.17. The Morgan fingerprint density at radius 3 is 2.00 bits per heavy atom. The van der Waals surface area contributed by atoms with E-state index < -0.39 is 6.04 Å². The molecule has 0 aliphatic carbocycles. The molecule has 132 valence electrons. The molecule has 3 aromatic carbocycles. The van der Waals surface area contributed by atoms with Crippen molar-refractivity contribution in [2.45, 2.75) is 25.4 Å². The molecule has 0 saturated heterocycles. The minimum atomic E-state index is -0.566. The van der Waals surface area contributed by atoms with E-state index in [4.69, 9.17) is 5.73 Å².